The van der Waals surface area contributed by atoms with Gasteiger partial charge in [0.2, 0.25) is 5.91 Å². The fourth-order valence-electron chi connectivity index (χ4n) is 3.21. The number of rotatable bonds is 1. The summed E-state index contributed by atoms with van der Waals surface area (Å²) in [6, 6.07) is 6.01. The van der Waals surface area contributed by atoms with Crippen LogP contribution < -0.4 is 11.0 Å². The fraction of sp³-hybridized carbons (Fsp3) is 0.312. The molecule has 0 saturated carbocycles. The van der Waals surface area contributed by atoms with Gasteiger partial charge in [0, 0.05) is 25.4 Å². The van der Waals surface area contributed by atoms with Crippen LogP contribution in [0.5, 0.6) is 0 Å². The Bertz CT molecular complexity index is 1030. The van der Waals surface area contributed by atoms with Crippen LogP contribution in [0, 0.1) is 6.92 Å². The molecule has 3 heterocycles. The number of fused-ring (bicyclic) bond motifs is 2. The molecule has 0 spiro atoms. The first-order valence-corrected chi connectivity index (χ1v) is 8.64. The number of nitrogens with one attached hydrogen (secondary N) is 2. The van der Waals surface area contributed by atoms with E-state index in [0.717, 1.165) is 27.9 Å². The van der Waals surface area contributed by atoms with Crippen LogP contribution in [0.1, 0.15) is 22.1 Å². The Labute approximate surface area is 142 Å². The highest BCUT2D eigenvalue weighted by Gasteiger charge is 2.28. The Morgan fingerprint density at radius 3 is 2.75 bits per heavy atom. The predicted molar refractivity (Wildman–Crippen MR) is 94.4 cm³/mol. The minimum absolute atomic E-state index is 0.0163. The number of aromatic amines is 1. The van der Waals surface area contributed by atoms with Crippen LogP contribution in [0.3, 0.4) is 0 Å². The molecule has 0 aliphatic carbocycles. The van der Waals surface area contributed by atoms with Crippen molar-refractivity contribution in [2.75, 3.05) is 11.1 Å². The van der Waals surface area contributed by atoms with Gasteiger partial charge in [0.05, 0.1) is 22.0 Å². The van der Waals surface area contributed by atoms with E-state index < -0.39 is 0 Å². The molecule has 1 aliphatic heterocycles. The normalized spacial score (nSPS) is 17.6. The number of thioether (sulfide) groups is 1. The van der Waals surface area contributed by atoms with Gasteiger partial charge in [-0.15, -0.1) is 11.8 Å². The van der Waals surface area contributed by atoms with Gasteiger partial charge in [-0.25, -0.2) is 4.79 Å². The molecule has 124 valence electrons. The molecule has 1 aromatic carbocycles. The lowest BCUT2D eigenvalue weighted by Gasteiger charge is -2.15. The van der Waals surface area contributed by atoms with E-state index in [0.29, 0.717) is 11.6 Å². The predicted octanol–water partition coefficient (Wildman–Crippen LogP) is 1.68. The molecule has 0 bridgehead atoms. The third-order valence-electron chi connectivity index (χ3n) is 4.49. The number of imidazole rings is 1. The Morgan fingerprint density at radius 1 is 1.21 bits per heavy atom. The molecule has 4 rings (SSSR count). The van der Waals surface area contributed by atoms with Crippen molar-refractivity contribution in [3.63, 3.8) is 0 Å². The molecule has 0 fully saturated rings. The van der Waals surface area contributed by atoms with Crippen LogP contribution in [0.25, 0.3) is 11.0 Å². The number of amides is 1. The molecule has 2 aromatic heterocycles. The highest BCUT2D eigenvalue weighted by molar-refractivity contribution is 8.00. The number of H-pyrrole nitrogens is 1. The van der Waals surface area contributed by atoms with Crippen molar-refractivity contribution in [2.45, 2.75) is 12.2 Å². The lowest BCUT2D eigenvalue weighted by molar-refractivity contribution is -0.113. The molecule has 0 saturated heterocycles. The lowest BCUT2D eigenvalue weighted by atomic mass is 10.0. The maximum Gasteiger partial charge on any atom is 0.328 e. The van der Waals surface area contributed by atoms with E-state index in [-0.39, 0.29) is 16.8 Å². The third-order valence-corrected chi connectivity index (χ3v) is 5.76. The van der Waals surface area contributed by atoms with Gasteiger partial charge in [-0.2, -0.15) is 5.10 Å². The van der Waals surface area contributed by atoms with E-state index in [4.69, 9.17) is 0 Å². The van der Waals surface area contributed by atoms with E-state index in [9.17, 15) is 9.59 Å². The van der Waals surface area contributed by atoms with Gasteiger partial charge in [0.15, 0.2) is 5.82 Å². The maximum absolute atomic E-state index is 12.1. The number of anilines is 1. The SMILES string of the molecule is Cc1[nH]nc2c1[C@H](c1ccc3c(c1)n(C)c(=O)n3C)SCC(=O)N2. The van der Waals surface area contributed by atoms with Crippen LogP contribution in [-0.2, 0) is 18.9 Å². The summed E-state index contributed by atoms with van der Waals surface area (Å²) in [6.45, 7) is 1.95. The van der Waals surface area contributed by atoms with E-state index in [1.807, 2.05) is 25.1 Å². The molecular weight excluding hydrogens is 326 g/mol. The number of hydrogen-bond acceptors (Lipinski definition) is 4. The van der Waals surface area contributed by atoms with Crippen molar-refractivity contribution in [2.24, 2.45) is 14.1 Å². The highest BCUT2D eigenvalue weighted by atomic mass is 32.2. The third kappa shape index (κ3) is 2.10. The number of carbonyl (C=O) groups is 1. The van der Waals surface area contributed by atoms with E-state index in [2.05, 4.69) is 15.5 Å². The van der Waals surface area contributed by atoms with Crippen molar-refractivity contribution >= 4 is 34.5 Å². The Morgan fingerprint density at radius 2 is 1.96 bits per heavy atom. The second kappa shape index (κ2) is 5.27. The Hall–Kier alpha value is -2.48. The number of carbonyl (C=O) groups excluding carboxylic acids is 1. The zero-order chi connectivity index (χ0) is 17.0. The first-order chi connectivity index (χ1) is 11.5. The van der Waals surface area contributed by atoms with Crippen molar-refractivity contribution < 1.29 is 4.79 Å². The number of aromatic nitrogens is 4. The first kappa shape index (κ1) is 15.1. The molecule has 0 unspecified atom stereocenters. The molecule has 1 amide bonds. The summed E-state index contributed by atoms with van der Waals surface area (Å²) >= 11 is 1.57. The Kier molecular flexibility index (Phi) is 3.31. The zero-order valence-corrected chi connectivity index (χ0v) is 14.4. The molecule has 1 aliphatic rings. The minimum Gasteiger partial charge on any atom is -0.308 e. The molecule has 24 heavy (non-hydrogen) atoms. The van der Waals surface area contributed by atoms with Gasteiger partial charge in [-0.1, -0.05) is 6.07 Å². The average molecular weight is 343 g/mol. The molecule has 0 radical (unpaired) electrons. The minimum atomic E-state index is -0.0524. The van der Waals surface area contributed by atoms with Gasteiger partial charge in [-0.05, 0) is 24.6 Å². The molecule has 2 N–H and O–H groups in total. The highest BCUT2D eigenvalue weighted by Crippen LogP contribution is 2.42. The molecule has 3 aromatic rings. The fourth-order valence-corrected chi connectivity index (χ4v) is 4.40. The van der Waals surface area contributed by atoms with Crippen LogP contribution in [0.2, 0.25) is 0 Å². The van der Waals surface area contributed by atoms with Crippen LogP contribution in [0.4, 0.5) is 5.82 Å². The van der Waals surface area contributed by atoms with E-state index >= 15 is 0 Å². The van der Waals surface area contributed by atoms with Crippen molar-refractivity contribution in [3.05, 3.63) is 45.5 Å². The average Bonchev–Trinajstić information content (AvgIpc) is 2.95. The van der Waals surface area contributed by atoms with Gasteiger partial charge >= 0.3 is 5.69 Å². The van der Waals surface area contributed by atoms with Crippen molar-refractivity contribution in [1.29, 1.82) is 0 Å². The van der Waals surface area contributed by atoms with Gasteiger partial charge < -0.3 is 5.32 Å². The topological polar surface area (TPSA) is 84.7 Å². The molecule has 1 atom stereocenters. The van der Waals surface area contributed by atoms with Gasteiger partial charge in [-0.3, -0.25) is 19.0 Å². The maximum atomic E-state index is 12.1. The standard InChI is InChI=1S/C16H17N5O2S/c1-8-13-14(24-7-12(22)17-15(13)19-18-8)9-4-5-10-11(6-9)21(3)16(23)20(10)2/h4-6,14H,7H2,1-3H3,(H2,17,18,19,22)/t14-/m0/s1. The smallest absolute Gasteiger partial charge is 0.308 e. The first-order valence-electron chi connectivity index (χ1n) is 7.59. The summed E-state index contributed by atoms with van der Waals surface area (Å²) in [5, 5.41) is 9.99. The van der Waals surface area contributed by atoms with E-state index in [1.54, 1.807) is 35.0 Å². The summed E-state index contributed by atoms with van der Waals surface area (Å²) in [6.07, 6.45) is 0. The molecule has 7 nitrogen and oxygen atoms in total. The largest absolute Gasteiger partial charge is 0.328 e. The van der Waals surface area contributed by atoms with Gasteiger partial charge in [0.1, 0.15) is 0 Å². The van der Waals surface area contributed by atoms with Crippen molar-refractivity contribution in [3.8, 4) is 0 Å². The number of nitrogens with zero attached hydrogens (tertiary/aromatic N) is 3. The van der Waals surface area contributed by atoms with Crippen LogP contribution >= 0.6 is 11.8 Å². The molecular formula is C16H17N5O2S. The lowest BCUT2D eigenvalue weighted by Crippen LogP contribution is -2.19. The monoisotopic (exact) mass is 343 g/mol. The summed E-state index contributed by atoms with van der Waals surface area (Å²) in [5.41, 5.74) is 4.71. The number of hydrogen-bond donors (Lipinski definition) is 2. The van der Waals surface area contributed by atoms with Gasteiger partial charge in [0.25, 0.3) is 0 Å². The summed E-state index contributed by atoms with van der Waals surface area (Å²) in [7, 11) is 3.54. The Balaban J connectivity index is 1.91. The number of benzene rings is 1. The second-order valence-electron chi connectivity index (χ2n) is 6.00. The van der Waals surface area contributed by atoms with Crippen LogP contribution in [-0.4, -0.2) is 31.0 Å². The summed E-state index contributed by atoms with van der Waals surface area (Å²) in [5.74, 6) is 0.907. The zero-order valence-electron chi connectivity index (χ0n) is 13.6. The summed E-state index contributed by atoms with van der Waals surface area (Å²) < 4.78 is 3.28. The number of aryl methyl sites for hydroxylation is 3. The van der Waals surface area contributed by atoms with Crippen LogP contribution in [0.15, 0.2) is 23.0 Å². The second-order valence-corrected chi connectivity index (χ2v) is 7.09. The van der Waals surface area contributed by atoms with E-state index in [1.165, 1.54) is 0 Å². The molecule has 8 heteroatoms. The van der Waals surface area contributed by atoms with Crippen molar-refractivity contribution in [1.82, 2.24) is 19.3 Å². The summed E-state index contributed by atoms with van der Waals surface area (Å²) in [4.78, 5) is 24.0. The quantitative estimate of drug-likeness (QED) is 0.704.